The minimum atomic E-state index is -0.453. The normalized spacial score (nSPS) is 13.8. The van der Waals surface area contributed by atoms with Crippen LogP contribution >= 0.6 is 23.1 Å². The van der Waals surface area contributed by atoms with Gasteiger partial charge < -0.3 is 4.90 Å². The minimum absolute atomic E-state index is 0.0362. The standard InChI is InChI=1S/C22H22N4O2S2/c1-14(20(27)26(13-7-12-23)15-8-4-3-5-9-15)29-22-24-19-18(21(28)25(22)2)16-10-6-11-17(16)30-19/h3-5,8-9,14H,6-7,10-11,13H2,1-2H3. The molecule has 1 aliphatic rings. The predicted molar refractivity (Wildman–Crippen MR) is 121 cm³/mol. The lowest BCUT2D eigenvalue weighted by atomic mass is 10.2. The minimum Gasteiger partial charge on any atom is -0.310 e. The van der Waals surface area contributed by atoms with Crippen molar-refractivity contribution in [3.05, 3.63) is 51.1 Å². The molecule has 2 aromatic heterocycles. The number of thioether (sulfide) groups is 1. The Kier molecular flexibility index (Phi) is 5.93. The molecule has 0 saturated heterocycles. The van der Waals surface area contributed by atoms with Gasteiger partial charge in [-0.05, 0) is 43.9 Å². The molecule has 3 aromatic rings. The summed E-state index contributed by atoms with van der Waals surface area (Å²) in [4.78, 5) is 34.6. The van der Waals surface area contributed by atoms with Crippen LogP contribution in [-0.2, 0) is 24.7 Å². The maximum atomic E-state index is 13.2. The summed E-state index contributed by atoms with van der Waals surface area (Å²) in [5, 5.41) is 9.83. The first kappa shape index (κ1) is 20.6. The van der Waals surface area contributed by atoms with Crippen LogP contribution in [0, 0.1) is 11.3 Å². The quantitative estimate of drug-likeness (QED) is 0.431. The van der Waals surface area contributed by atoms with Crippen LogP contribution in [0.15, 0.2) is 40.3 Å². The summed E-state index contributed by atoms with van der Waals surface area (Å²) in [6, 6.07) is 11.5. The molecule has 6 nitrogen and oxygen atoms in total. The summed E-state index contributed by atoms with van der Waals surface area (Å²) in [7, 11) is 1.72. The third kappa shape index (κ3) is 3.75. The van der Waals surface area contributed by atoms with Crippen molar-refractivity contribution in [3.8, 4) is 6.07 Å². The van der Waals surface area contributed by atoms with Gasteiger partial charge in [-0.1, -0.05) is 30.0 Å². The number of anilines is 1. The van der Waals surface area contributed by atoms with E-state index in [-0.39, 0.29) is 17.9 Å². The number of nitrogens with zero attached hydrogens (tertiary/aromatic N) is 4. The van der Waals surface area contributed by atoms with Crippen molar-refractivity contribution in [1.82, 2.24) is 9.55 Å². The Morgan fingerprint density at radius 3 is 2.87 bits per heavy atom. The second kappa shape index (κ2) is 8.62. The zero-order valence-corrected chi connectivity index (χ0v) is 18.6. The SMILES string of the molecule is CC(Sc1nc2sc3c(c2c(=O)n1C)CCC3)C(=O)N(CCC#N)c1ccccc1. The van der Waals surface area contributed by atoms with E-state index in [2.05, 4.69) is 6.07 Å². The Balaban J connectivity index is 1.62. The highest BCUT2D eigenvalue weighted by Gasteiger charge is 2.26. The van der Waals surface area contributed by atoms with Crippen LogP contribution in [0.4, 0.5) is 5.69 Å². The summed E-state index contributed by atoms with van der Waals surface area (Å²) >= 11 is 2.89. The smallest absolute Gasteiger partial charge is 0.262 e. The van der Waals surface area contributed by atoms with Crippen molar-refractivity contribution >= 4 is 44.9 Å². The molecule has 1 aliphatic carbocycles. The van der Waals surface area contributed by atoms with Crippen LogP contribution < -0.4 is 10.5 Å². The van der Waals surface area contributed by atoms with E-state index in [1.807, 2.05) is 37.3 Å². The Morgan fingerprint density at radius 2 is 2.13 bits per heavy atom. The number of hydrogen-bond acceptors (Lipinski definition) is 6. The maximum Gasteiger partial charge on any atom is 0.262 e. The summed E-state index contributed by atoms with van der Waals surface area (Å²) < 4.78 is 1.56. The predicted octanol–water partition coefficient (Wildman–Crippen LogP) is 3.91. The number of amides is 1. The van der Waals surface area contributed by atoms with E-state index >= 15 is 0 Å². The van der Waals surface area contributed by atoms with Crippen molar-refractivity contribution in [2.45, 2.75) is 43.0 Å². The molecular formula is C22H22N4O2S2. The molecule has 8 heteroatoms. The lowest BCUT2D eigenvalue weighted by molar-refractivity contribution is -0.117. The molecule has 1 atom stereocenters. The number of para-hydroxylation sites is 1. The van der Waals surface area contributed by atoms with Gasteiger partial charge >= 0.3 is 0 Å². The average molecular weight is 439 g/mol. The van der Waals surface area contributed by atoms with Crippen LogP contribution in [-0.4, -0.2) is 27.3 Å². The topological polar surface area (TPSA) is 79.0 Å². The van der Waals surface area contributed by atoms with Crippen LogP contribution in [0.5, 0.6) is 0 Å². The lowest BCUT2D eigenvalue weighted by Gasteiger charge is -2.25. The van der Waals surface area contributed by atoms with Gasteiger partial charge in [0.15, 0.2) is 5.16 Å². The maximum absolute atomic E-state index is 13.2. The molecule has 0 bridgehead atoms. The fourth-order valence-electron chi connectivity index (χ4n) is 3.78. The van der Waals surface area contributed by atoms with E-state index in [1.54, 1.807) is 27.9 Å². The lowest BCUT2D eigenvalue weighted by Crippen LogP contribution is -2.37. The first-order chi connectivity index (χ1) is 14.5. The number of rotatable bonds is 6. The van der Waals surface area contributed by atoms with Crippen LogP contribution in [0.1, 0.15) is 30.2 Å². The van der Waals surface area contributed by atoms with E-state index in [0.29, 0.717) is 11.7 Å². The Bertz CT molecular complexity index is 1190. The largest absolute Gasteiger partial charge is 0.310 e. The second-order valence-corrected chi connectivity index (χ2v) is 9.68. The van der Waals surface area contributed by atoms with Gasteiger partial charge in [-0.3, -0.25) is 14.2 Å². The van der Waals surface area contributed by atoms with E-state index in [9.17, 15) is 9.59 Å². The summed E-state index contributed by atoms with van der Waals surface area (Å²) in [6.07, 6.45) is 3.31. The molecule has 1 amide bonds. The number of thiophene rings is 1. The number of hydrogen-bond donors (Lipinski definition) is 0. The molecule has 0 N–H and O–H groups in total. The zero-order valence-electron chi connectivity index (χ0n) is 16.9. The van der Waals surface area contributed by atoms with Gasteiger partial charge in [-0.25, -0.2) is 4.98 Å². The Hall–Kier alpha value is -2.63. The fourth-order valence-corrected chi connectivity index (χ4v) is 6.01. The third-order valence-corrected chi connectivity index (χ3v) is 7.63. The van der Waals surface area contributed by atoms with Crippen molar-refractivity contribution in [2.24, 2.45) is 7.05 Å². The van der Waals surface area contributed by atoms with E-state index in [0.717, 1.165) is 40.7 Å². The molecule has 2 heterocycles. The molecule has 1 aromatic carbocycles. The van der Waals surface area contributed by atoms with Crippen LogP contribution in [0.2, 0.25) is 0 Å². The Labute approximate surface area is 183 Å². The van der Waals surface area contributed by atoms with E-state index in [1.165, 1.54) is 16.6 Å². The van der Waals surface area contributed by atoms with Gasteiger partial charge in [0.05, 0.1) is 23.1 Å². The van der Waals surface area contributed by atoms with Gasteiger partial charge in [0.1, 0.15) is 4.83 Å². The summed E-state index contributed by atoms with van der Waals surface area (Å²) in [6.45, 7) is 2.15. The number of fused-ring (bicyclic) bond motifs is 3. The average Bonchev–Trinajstić information content (AvgIpc) is 3.33. The van der Waals surface area contributed by atoms with Crippen molar-refractivity contribution in [3.63, 3.8) is 0 Å². The molecule has 0 fully saturated rings. The molecule has 0 saturated carbocycles. The second-order valence-electron chi connectivity index (χ2n) is 7.29. The molecule has 1 unspecified atom stereocenters. The third-order valence-electron chi connectivity index (χ3n) is 5.32. The summed E-state index contributed by atoms with van der Waals surface area (Å²) in [5.41, 5.74) is 1.89. The number of carbonyl (C=O) groups excluding carboxylic acids is 1. The highest BCUT2D eigenvalue weighted by Crippen LogP contribution is 2.36. The van der Waals surface area contributed by atoms with E-state index < -0.39 is 5.25 Å². The van der Waals surface area contributed by atoms with Gasteiger partial charge in [0.25, 0.3) is 5.56 Å². The number of benzene rings is 1. The molecule has 4 rings (SSSR count). The number of aromatic nitrogens is 2. The van der Waals surface area contributed by atoms with Crippen molar-refractivity contribution in [1.29, 1.82) is 5.26 Å². The first-order valence-electron chi connectivity index (χ1n) is 9.92. The summed E-state index contributed by atoms with van der Waals surface area (Å²) in [5.74, 6) is -0.107. The number of nitriles is 1. The van der Waals surface area contributed by atoms with Gasteiger partial charge in [-0.15, -0.1) is 11.3 Å². The van der Waals surface area contributed by atoms with Crippen LogP contribution in [0.3, 0.4) is 0 Å². The van der Waals surface area contributed by atoms with Gasteiger partial charge in [0.2, 0.25) is 5.91 Å². The zero-order chi connectivity index (χ0) is 21.3. The van der Waals surface area contributed by atoms with Gasteiger partial charge in [0, 0.05) is 24.2 Å². The fraction of sp³-hybridized carbons (Fsp3) is 0.364. The number of carbonyl (C=O) groups is 1. The van der Waals surface area contributed by atoms with E-state index in [4.69, 9.17) is 10.2 Å². The molecule has 154 valence electrons. The molecular weight excluding hydrogens is 416 g/mol. The van der Waals surface area contributed by atoms with Crippen molar-refractivity contribution in [2.75, 3.05) is 11.4 Å². The molecule has 0 radical (unpaired) electrons. The molecule has 0 spiro atoms. The monoisotopic (exact) mass is 438 g/mol. The first-order valence-corrected chi connectivity index (χ1v) is 11.6. The van der Waals surface area contributed by atoms with Crippen molar-refractivity contribution < 1.29 is 4.79 Å². The highest BCUT2D eigenvalue weighted by molar-refractivity contribution is 8.00. The molecule has 0 aliphatic heterocycles. The van der Waals surface area contributed by atoms with Gasteiger partial charge in [-0.2, -0.15) is 5.26 Å². The number of aryl methyl sites for hydroxylation is 2. The highest BCUT2D eigenvalue weighted by atomic mass is 32.2. The molecule has 30 heavy (non-hydrogen) atoms. The Morgan fingerprint density at radius 1 is 1.37 bits per heavy atom. The van der Waals surface area contributed by atoms with Crippen LogP contribution in [0.25, 0.3) is 10.2 Å².